The maximum atomic E-state index is 11.6. The van der Waals surface area contributed by atoms with Crippen molar-refractivity contribution >= 4 is 34.1 Å². The first-order valence-electron chi connectivity index (χ1n) is 4.70. The van der Waals surface area contributed by atoms with Gasteiger partial charge < -0.3 is 5.32 Å². The number of thiazole rings is 1. The quantitative estimate of drug-likeness (QED) is 0.801. The fourth-order valence-electron chi connectivity index (χ4n) is 1.01. The van der Waals surface area contributed by atoms with Gasteiger partial charge in [0.15, 0.2) is 5.13 Å². The second-order valence-electron chi connectivity index (χ2n) is 3.06. The van der Waals surface area contributed by atoms with Crippen LogP contribution in [0.25, 0.3) is 0 Å². The molecule has 0 aliphatic carbocycles. The lowest BCUT2D eigenvalue weighted by molar-refractivity contribution is -0.113. The summed E-state index contributed by atoms with van der Waals surface area (Å²) in [6, 6.07) is 1.95. The minimum atomic E-state index is -0.221. The van der Waals surface area contributed by atoms with E-state index in [2.05, 4.69) is 25.8 Å². The van der Waals surface area contributed by atoms with Crippen molar-refractivity contribution in [3.05, 3.63) is 11.1 Å². The van der Waals surface area contributed by atoms with Crippen LogP contribution in [0.4, 0.5) is 5.13 Å². The molecule has 0 saturated carbocycles. The van der Waals surface area contributed by atoms with E-state index in [9.17, 15) is 4.79 Å². The number of hydrogen-bond acceptors (Lipinski definition) is 8. The van der Waals surface area contributed by atoms with E-state index >= 15 is 0 Å². The minimum Gasteiger partial charge on any atom is -0.301 e. The molecule has 0 fully saturated rings. The normalized spacial score (nSPS) is 10.0. The lowest BCUT2D eigenvalue weighted by Crippen LogP contribution is -2.14. The SMILES string of the molecule is Cn1nnnc1SCC(=O)Nc1ncc(C#N)s1. The maximum absolute atomic E-state index is 11.6. The van der Waals surface area contributed by atoms with Gasteiger partial charge in [-0.2, -0.15) is 5.26 Å². The fourth-order valence-corrected chi connectivity index (χ4v) is 2.29. The highest BCUT2D eigenvalue weighted by atomic mass is 32.2. The standard InChI is InChI=1S/C8H7N7OS2/c1-15-8(12-13-14-15)17-4-6(16)11-7-10-3-5(2-9)18-7/h3H,4H2,1H3,(H,10,11,16). The van der Waals surface area contributed by atoms with Gasteiger partial charge in [-0.15, -0.1) is 5.10 Å². The Morgan fingerprint density at radius 3 is 3.17 bits per heavy atom. The molecule has 0 atom stereocenters. The number of amides is 1. The van der Waals surface area contributed by atoms with Gasteiger partial charge in [-0.3, -0.25) is 4.79 Å². The van der Waals surface area contributed by atoms with Crippen LogP contribution in [0.15, 0.2) is 11.4 Å². The van der Waals surface area contributed by atoms with Gasteiger partial charge in [0, 0.05) is 7.05 Å². The molecule has 0 bridgehead atoms. The van der Waals surface area contributed by atoms with Gasteiger partial charge >= 0.3 is 0 Å². The predicted molar refractivity (Wildman–Crippen MR) is 65.0 cm³/mol. The zero-order chi connectivity index (χ0) is 13.0. The Kier molecular flexibility index (Phi) is 3.85. The molecule has 0 aliphatic rings. The molecule has 8 nitrogen and oxygen atoms in total. The first-order valence-corrected chi connectivity index (χ1v) is 6.50. The van der Waals surface area contributed by atoms with E-state index in [-0.39, 0.29) is 11.7 Å². The Bertz CT molecular complexity index is 599. The Hall–Kier alpha value is -1.99. The van der Waals surface area contributed by atoms with Gasteiger partial charge in [-0.05, 0) is 10.4 Å². The number of tetrazole rings is 1. The van der Waals surface area contributed by atoms with Crippen LogP contribution in [0.3, 0.4) is 0 Å². The Labute approximate surface area is 110 Å². The van der Waals surface area contributed by atoms with E-state index in [1.807, 2.05) is 6.07 Å². The number of aryl methyl sites for hydroxylation is 1. The number of hydrogen-bond donors (Lipinski definition) is 1. The first kappa shape index (κ1) is 12.5. The number of nitrogens with zero attached hydrogens (tertiary/aromatic N) is 6. The molecule has 10 heteroatoms. The van der Waals surface area contributed by atoms with Gasteiger partial charge in [0.1, 0.15) is 10.9 Å². The predicted octanol–water partition coefficient (Wildman–Crippen LogP) is 0.269. The molecule has 18 heavy (non-hydrogen) atoms. The average molecular weight is 281 g/mol. The van der Waals surface area contributed by atoms with E-state index in [1.54, 1.807) is 7.05 Å². The van der Waals surface area contributed by atoms with Crippen LogP contribution in [0.1, 0.15) is 4.88 Å². The third kappa shape index (κ3) is 3.02. The summed E-state index contributed by atoms with van der Waals surface area (Å²) in [5.74, 6) is -0.0442. The van der Waals surface area contributed by atoms with Crippen molar-refractivity contribution in [2.75, 3.05) is 11.1 Å². The van der Waals surface area contributed by atoms with Crippen molar-refractivity contribution in [3.8, 4) is 6.07 Å². The van der Waals surface area contributed by atoms with Crippen LogP contribution in [0.2, 0.25) is 0 Å². The average Bonchev–Trinajstić information content (AvgIpc) is 2.96. The van der Waals surface area contributed by atoms with E-state index in [0.29, 0.717) is 15.2 Å². The van der Waals surface area contributed by atoms with Crippen LogP contribution in [0.5, 0.6) is 0 Å². The summed E-state index contributed by atoms with van der Waals surface area (Å²) in [5, 5.41) is 23.0. The lowest BCUT2D eigenvalue weighted by atomic mass is 10.6. The number of carbonyl (C=O) groups excluding carboxylic acids is 1. The molecule has 2 aromatic heterocycles. The Balaban J connectivity index is 1.86. The molecule has 2 rings (SSSR count). The van der Waals surface area contributed by atoms with Crippen LogP contribution < -0.4 is 5.32 Å². The van der Waals surface area contributed by atoms with Gasteiger partial charge in [0.05, 0.1) is 11.9 Å². The van der Waals surface area contributed by atoms with E-state index < -0.39 is 0 Å². The number of carbonyl (C=O) groups is 1. The van der Waals surface area contributed by atoms with Crippen molar-refractivity contribution in [1.29, 1.82) is 5.26 Å². The molecule has 0 saturated heterocycles. The van der Waals surface area contributed by atoms with Gasteiger partial charge in [0.2, 0.25) is 11.1 Å². The highest BCUT2D eigenvalue weighted by Crippen LogP contribution is 2.18. The highest BCUT2D eigenvalue weighted by molar-refractivity contribution is 7.99. The molecule has 0 spiro atoms. The third-order valence-electron chi connectivity index (χ3n) is 1.78. The largest absolute Gasteiger partial charge is 0.301 e. The fraction of sp³-hybridized carbons (Fsp3) is 0.250. The van der Waals surface area contributed by atoms with E-state index in [0.717, 1.165) is 11.3 Å². The summed E-state index contributed by atoms with van der Waals surface area (Å²) in [7, 11) is 1.69. The summed E-state index contributed by atoms with van der Waals surface area (Å²) >= 11 is 2.35. The molecule has 0 unspecified atom stereocenters. The zero-order valence-electron chi connectivity index (χ0n) is 9.19. The Morgan fingerprint density at radius 2 is 2.56 bits per heavy atom. The Morgan fingerprint density at radius 1 is 1.72 bits per heavy atom. The molecule has 0 radical (unpaired) electrons. The van der Waals surface area contributed by atoms with Gasteiger partial charge in [-0.25, -0.2) is 9.67 Å². The topological polar surface area (TPSA) is 109 Å². The summed E-state index contributed by atoms with van der Waals surface area (Å²) in [4.78, 5) is 15.9. The van der Waals surface area contributed by atoms with Crippen molar-refractivity contribution in [2.24, 2.45) is 7.05 Å². The number of rotatable bonds is 4. The highest BCUT2D eigenvalue weighted by Gasteiger charge is 2.09. The second-order valence-corrected chi connectivity index (χ2v) is 5.04. The van der Waals surface area contributed by atoms with Crippen molar-refractivity contribution < 1.29 is 4.79 Å². The van der Waals surface area contributed by atoms with Crippen molar-refractivity contribution in [1.82, 2.24) is 25.2 Å². The summed E-state index contributed by atoms with van der Waals surface area (Å²) < 4.78 is 1.48. The van der Waals surface area contributed by atoms with Gasteiger partial charge in [0.25, 0.3) is 0 Å². The maximum Gasteiger partial charge on any atom is 0.236 e. The zero-order valence-corrected chi connectivity index (χ0v) is 10.8. The second kappa shape index (κ2) is 5.56. The minimum absolute atomic E-state index is 0.176. The molecule has 0 aliphatic heterocycles. The van der Waals surface area contributed by atoms with Gasteiger partial charge in [-0.1, -0.05) is 23.1 Å². The summed E-state index contributed by atoms with van der Waals surface area (Å²) in [6.45, 7) is 0. The lowest BCUT2D eigenvalue weighted by Gasteiger charge is -2.00. The van der Waals surface area contributed by atoms with Crippen LogP contribution >= 0.6 is 23.1 Å². The monoisotopic (exact) mass is 281 g/mol. The van der Waals surface area contributed by atoms with Crippen molar-refractivity contribution in [3.63, 3.8) is 0 Å². The summed E-state index contributed by atoms with van der Waals surface area (Å²) in [6.07, 6.45) is 1.42. The van der Waals surface area contributed by atoms with Crippen LogP contribution in [0, 0.1) is 11.3 Å². The molecule has 2 aromatic rings. The van der Waals surface area contributed by atoms with E-state index in [4.69, 9.17) is 5.26 Å². The van der Waals surface area contributed by atoms with E-state index in [1.165, 1.54) is 22.6 Å². The number of thioether (sulfide) groups is 1. The smallest absolute Gasteiger partial charge is 0.236 e. The number of nitriles is 1. The number of aromatic nitrogens is 5. The number of nitrogens with one attached hydrogen (secondary N) is 1. The summed E-state index contributed by atoms with van der Waals surface area (Å²) in [5.41, 5.74) is 0. The number of anilines is 1. The molecule has 92 valence electrons. The van der Waals surface area contributed by atoms with Crippen LogP contribution in [-0.4, -0.2) is 36.9 Å². The third-order valence-corrected chi connectivity index (χ3v) is 3.60. The van der Waals surface area contributed by atoms with Crippen LogP contribution in [-0.2, 0) is 11.8 Å². The molecular weight excluding hydrogens is 274 g/mol. The molecular formula is C8H7N7OS2. The molecule has 1 N–H and O–H groups in total. The molecule has 1 amide bonds. The van der Waals surface area contributed by atoms with Crippen molar-refractivity contribution in [2.45, 2.75) is 5.16 Å². The molecule has 0 aromatic carbocycles. The molecule has 2 heterocycles. The first-order chi connectivity index (χ1) is 8.69.